The quantitative estimate of drug-likeness (QED) is 0.371. The van der Waals surface area contributed by atoms with Crippen LogP contribution in [0.3, 0.4) is 0 Å². The molecule has 8 nitrogen and oxygen atoms in total. The van der Waals surface area contributed by atoms with Crippen molar-refractivity contribution in [2.75, 3.05) is 38.2 Å². The first-order valence-electron chi connectivity index (χ1n) is 12.7. The molecule has 1 aliphatic heterocycles. The van der Waals surface area contributed by atoms with E-state index in [1.165, 1.54) is 0 Å². The maximum absolute atomic E-state index is 13.2. The fraction of sp³-hybridized carbons (Fsp3) is 0.357. The normalized spacial score (nSPS) is 16.2. The lowest BCUT2D eigenvalue weighted by atomic mass is 10.2. The molecule has 0 N–H and O–H groups in total. The second-order valence-corrected chi connectivity index (χ2v) is 10.1. The number of ether oxygens (including phenoxy) is 1. The summed E-state index contributed by atoms with van der Waals surface area (Å²) < 4.78 is 7.24. The van der Waals surface area contributed by atoms with Gasteiger partial charge in [0, 0.05) is 32.1 Å². The first-order chi connectivity index (χ1) is 18.0. The molecule has 2 aromatic carbocycles. The lowest BCUT2D eigenvalue weighted by Gasteiger charge is -2.24. The second kappa shape index (κ2) is 9.67. The zero-order valence-electron chi connectivity index (χ0n) is 21.0. The summed E-state index contributed by atoms with van der Waals surface area (Å²) in [6.07, 6.45) is 3.06. The van der Waals surface area contributed by atoms with Crippen molar-refractivity contribution in [1.29, 1.82) is 0 Å². The lowest BCUT2D eigenvalue weighted by molar-refractivity contribution is 0.0767. The number of hydrogen-bond acceptors (Lipinski definition) is 6. The number of fused-ring (bicyclic) bond motifs is 1. The summed E-state index contributed by atoms with van der Waals surface area (Å²) in [7, 11) is 1.66. The predicted octanol–water partition coefficient (Wildman–Crippen LogP) is 5.02. The van der Waals surface area contributed by atoms with Crippen LogP contribution < -0.4 is 9.64 Å². The first-order valence-corrected chi connectivity index (χ1v) is 13.1. The molecule has 0 unspecified atom stereocenters. The van der Waals surface area contributed by atoms with Crippen LogP contribution in [0.4, 0.5) is 5.82 Å². The number of aromatic nitrogens is 4. The number of rotatable bonds is 5. The van der Waals surface area contributed by atoms with Gasteiger partial charge < -0.3 is 14.5 Å². The summed E-state index contributed by atoms with van der Waals surface area (Å²) in [4.78, 5) is 27.5. The third-order valence-electron chi connectivity index (χ3n) is 7.15. The molecule has 2 aromatic heterocycles. The fourth-order valence-electron chi connectivity index (χ4n) is 4.97. The maximum Gasteiger partial charge on any atom is 0.255 e. The number of aryl methyl sites for hydroxylation is 1. The molecule has 3 heterocycles. The molecule has 1 saturated carbocycles. The summed E-state index contributed by atoms with van der Waals surface area (Å²) in [5.41, 5.74) is 3.19. The molecule has 4 aromatic rings. The Kier molecular flexibility index (Phi) is 6.20. The van der Waals surface area contributed by atoms with Crippen molar-refractivity contribution in [3.63, 3.8) is 0 Å². The minimum atomic E-state index is -0.0255. The molecule has 0 bridgehead atoms. The number of anilines is 1. The SMILES string of the molecule is COc1ccc(-n2nc(C)c3c(N4CCCN(C(=O)c5ccccc5Cl)CC4)nc(C4CC4)nc32)cc1. The highest BCUT2D eigenvalue weighted by Gasteiger charge is 2.31. The van der Waals surface area contributed by atoms with Gasteiger partial charge in [-0.2, -0.15) is 5.10 Å². The Labute approximate surface area is 220 Å². The number of nitrogens with zero attached hydrogens (tertiary/aromatic N) is 6. The van der Waals surface area contributed by atoms with E-state index < -0.39 is 0 Å². The zero-order valence-corrected chi connectivity index (χ0v) is 21.8. The fourth-order valence-corrected chi connectivity index (χ4v) is 5.19. The summed E-state index contributed by atoms with van der Waals surface area (Å²) in [6.45, 7) is 4.76. The minimum absolute atomic E-state index is 0.0255. The van der Waals surface area contributed by atoms with E-state index in [1.54, 1.807) is 19.2 Å². The Hall–Kier alpha value is -3.65. The van der Waals surface area contributed by atoms with Crippen molar-refractivity contribution in [3.05, 3.63) is 70.6 Å². The van der Waals surface area contributed by atoms with Crippen LogP contribution in [0.25, 0.3) is 16.7 Å². The number of methoxy groups -OCH3 is 1. The van der Waals surface area contributed by atoms with Gasteiger partial charge in [0.05, 0.1) is 34.5 Å². The van der Waals surface area contributed by atoms with Crippen LogP contribution in [0.1, 0.15) is 47.1 Å². The molecule has 1 aliphatic carbocycles. The molecule has 0 radical (unpaired) electrons. The Morgan fingerprint density at radius 3 is 2.51 bits per heavy atom. The van der Waals surface area contributed by atoms with E-state index in [2.05, 4.69) is 4.90 Å². The Morgan fingerprint density at radius 1 is 1.00 bits per heavy atom. The van der Waals surface area contributed by atoms with E-state index in [4.69, 9.17) is 31.4 Å². The van der Waals surface area contributed by atoms with Gasteiger partial charge in [0.2, 0.25) is 0 Å². The zero-order chi connectivity index (χ0) is 25.5. The number of halogens is 1. The van der Waals surface area contributed by atoms with Crippen molar-refractivity contribution < 1.29 is 9.53 Å². The van der Waals surface area contributed by atoms with Crippen molar-refractivity contribution in [3.8, 4) is 11.4 Å². The van der Waals surface area contributed by atoms with E-state index in [0.717, 1.165) is 65.6 Å². The van der Waals surface area contributed by atoms with Gasteiger partial charge in [0.15, 0.2) is 5.65 Å². The standard InChI is InChI=1S/C28H29ClN6O2/c1-18-24-26(33-14-5-15-34(17-16-33)28(36)22-6-3-4-7-23(22)29)30-25(19-8-9-19)31-27(24)35(32-18)20-10-12-21(37-2)13-11-20/h3-4,6-7,10-13,19H,5,8-9,14-17H2,1-2H3. The van der Waals surface area contributed by atoms with Crippen LogP contribution in [0.15, 0.2) is 48.5 Å². The van der Waals surface area contributed by atoms with Gasteiger partial charge in [-0.05, 0) is 62.6 Å². The van der Waals surface area contributed by atoms with Crippen LogP contribution in [-0.4, -0.2) is 63.8 Å². The molecule has 0 atom stereocenters. The van der Waals surface area contributed by atoms with Gasteiger partial charge in [-0.25, -0.2) is 14.6 Å². The maximum atomic E-state index is 13.2. The van der Waals surface area contributed by atoms with Crippen molar-refractivity contribution in [2.24, 2.45) is 0 Å². The van der Waals surface area contributed by atoms with Gasteiger partial charge in [-0.1, -0.05) is 23.7 Å². The van der Waals surface area contributed by atoms with E-state index in [1.807, 2.05) is 52.9 Å². The van der Waals surface area contributed by atoms with Gasteiger partial charge >= 0.3 is 0 Å². The van der Waals surface area contributed by atoms with Gasteiger partial charge in [-0.3, -0.25) is 4.79 Å². The molecule has 6 rings (SSSR count). The topological polar surface area (TPSA) is 76.4 Å². The van der Waals surface area contributed by atoms with E-state index in [9.17, 15) is 4.79 Å². The summed E-state index contributed by atoms with van der Waals surface area (Å²) in [6, 6.07) is 15.1. The molecular formula is C28H29ClN6O2. The van der Waals surface area contributed by atoms with E-state index in [0.29, 0.717) is 36.1 Å². The Balaban J connectivity index is 1.35. The molecule has 0 spiro atoms. The Morgan fingerprint density at radius 2 is 1.78 bits per heavy atom. The number of carbonyl (C=O) groups excluding carboxylic acids is 1. The molecular weight excluding hydrogens is 488 g/mol. The lowest BCUT2D eigenvalue weighted by Crippen LogP contribution is -2.35. The number of amides is 1. The molecule has 37 heavy (non-hydrogen) atoms. The van der Waals surface area contributed by atoms with Crippen molar-refractivity contribution >= 4 is 34.4 Å². The van der Waals surface area contributed by atoms with Crippen LogP contribution in [0.2, 0.25) is 5.02 Å². The second-order valence-electron chi connectivity index (χ2n) is 9.69. The number of carbonyl (C=O) groups is 1. The smallest absolute Gasteiger partial charge is 0.255 e. The van der Waals surface area contributed by atoms with E-state index in [-0.39, 0.29) is 5.91 Å². The minimum Gasteiger partial charge on any atom is -0.497 e. The molecule has 1 saturated heterocycles. The summed E-state index contributed by atoms with van der Waals surface area (Å²) in [5, 5.41) is 6.33. The predicted molar refractivity (Wildman–Crippen MR) is 144 cm³/mol. The Bertz CT molecular complexity index is 1460. The molecule has 1 amide bonds. The highest BCUT2D eigenvalue weighted by atomic mass is 35.5. The van der Waals surface area contributed by atoms with Crippen LogP contribution in [-0.2, 0) is 0 Å². The first kappa shape index (κ1) is 23.7. The average molecular weight is 517 g/mol. The molecule has 2 aliphatic rings. The largest absolute Gasteiger partial charge is 0.497 e. The van der Waals surface area contributed by atoms with Crippen LogP contribution >= 0.6 is 11.6 Å². The third kappa shape index (κ3) is 4.50. The van der Waals surface area contributed by atoms with Crippen LogP contribution in [0, 0.1) is 6.92 Å². The average Bonchev–Trinajstić information content (AvgIpc) is 3.75. The monoisotopic (exact) mass is 516 g/mol. The molecule has 2 fully saturated rings. The number of benzene rings is 2. The number of hydrogen-bond donors (Lipinski definition) is 0. The molecule has 9 heteroatoms. The van der Waals surface area contributed by atoms with Crippen molar-refractivity contribution in [2.45, 2.75) is 32.1 Å². The highest BCUT2D eigenvalue weighted by molar-refractivity contribution is 6.33. The van der Waals surface area contributed by atoms with Crippen LogP contribution in [0.5, 0.6) is 5.75 Å². The third-order valence-corrected chi connectivity index (χ3v) is 7.48. The van der Waals surface area contributed by atoms with E-state index >= 15 is 0 Å². The highest BCUT2D eigenvalue weighted by Crippen LogP contribution is 2.40. The van der Waals surface area contributed by atoms with Gasteiger partial charge in [0.1, 0.15) is 17.4 Å². The summed E-state index contributed by atoms with van der Waals surface area (Å²) in [5.74, 6) is 2.96. The summed E-state index contributed by atoms with van der Waals surface area (Å²) >= 11 is 6.32. The van der Waals surface area contributed by atoms with Crippen molar-refractivity contribution in [1.82, 2.24) is 24.6 Å². The van der Waals surface area contributed by atoms with Gasteiger partial charge in [0.25, 0.3) is 5.91 Å². The van der Waals surface area contributed by atoms with Gasteiger partial charge in [-0.15, -0.1) is 0 Å². The molecule has 190 valence electrons.